The van der Waals surface area contributed by atoms with Crippen LogP contribution in [-0.2, 0) is 5.41 Å². The molecule has 0 heterocycles. The number of ether oxygens (including phenoxy) is 1. The predicted molar refractivity (Wildman–Crippen MR) is 105 cm³/mol. The largest absolute Gasteiger partial charge is 0.497 e. The molecule has 0 bridgehead atoms. The van der Waals surface area contributed by atoms with Gasteiger partial charge in [-0.2, -0.15) is 0 Å². The van der Waals surface area contributed by atoms with Crippen molar-refractivity contribution in [1.82, 2.24) is 5.32 Å². The lowest BCUT2D eigenvalue weighted by molar-refractivity contribution is 0.414. The van der Waals surface area contributed by atoms with E-state index in [1.807, 2.05) is 12.1 Å². The number of nitrogens with two attached hydrogens (primary N) is 1. The topological polar surface area (TPSA) is 59.6 Å². The molecule has 4 nitrogen and oxygen atoms in total. The first-order chi connectivity index (χ1) is 9.85. The van der Waals surface area contributed by atoms with Gasteiger partial charge in [-0.3, -0.25) is 4.99 Å². The fourth-order valence-corrected chi connectivity index (χ4v) is 1.96. The molecule has 1 aromatic rings. The van der Waals surface area contributed by atoms with Gasteiger partial charge in [0.1, 0.15) is 5.75 Å². The van der Waals surface area contributed by atoms with E-state index in [-0.39, 0.29) is 29.4 Å². The molecule has 0 aliphatic heterocycles. The van der Waals surface area contributed by atoms with E-state index in [9.17, 15) is 0 Å². The summed E-state index contributed by atoms with van der Waals surface area (Å²) < 4.78 is 5.19. The SMILES string of the molecule is COc1ccc(C(C)(C)CN=C(N)NCCC(C)C)cc1.I. The lowest BCUT2D eigenvalue weighted by atomic mass is 9.85. The maximum Gasteiger partial charge on any atom is 0.188 e. The quantitative estimate of drug-likeness (QED) is 0.404. The van der Waals surface area contributed by atoms with Crippen molar-refractivity contribution in [3.05, 3.63) is 29.8 Å². The van der Waals surface area contributed by atoms with Gasteiger partial charge in [0.2, 0.25) is 0 Å². The molecule has 0 aliphatic carbocycles. The second kappa shape index (κ2) is 9.92. The zero-order valence-electron chi connectivity index (χ0n) is 14.3. The van der Waals surface area contributed by atoms with Crippen LogP contribution >= 0.6 is 24.0 Å². The van der Waals surface area contributed by atoms with Crippen LogP contribution in [0.4, 0.5) is 0 Å². The summed E-state index contributed by atoms with van der Waals surface area (Å²) >= 11 is 0. The Morgan fingerprint density at radius 1 is 1.27 bits per heavy atom. The van der Waals surface area contributed by atoms with Crippen molar-refractivity contribution in [1.29, 1.82) is 0 Å². The molecule has 0 spiro atoms. The Morgan fingerprint density at radius 3 is 2.36 bits per heavy atom. The van der Waals surface area contributed by atoms with Crippen LogP contribution in [0, 0.1) is 5.92 Å². The molecule has 3 N–H and O–H groups in total. The Bertz CT molecular complexity index is 455. The summed E-state index contributed by atoms with van der Waals surface area (Å²) in [5.74, 6) is 2.06. The summed E-state index contributed by atoms with van der Waals surface area (Å²) in [6.45, 7) is 10.2. The van der Waals surface area contributed by atoms with Crippen molar-refractivity contribution in [3.63, 3.8) is 0 Å². The molecule has 0 radical (unpaired) electrons. The van der Waals surface area contributed by atoms with Gasteiger partial charge in [0.25, 0.3) is 0 Å². The standard InChI is InChI=1S/C17H29N3O.HI/c1-13(2)10-11-19-16(18)20-12-17(3,4)14-6-8-15(21-5)9-7-14;/h6-9,13H,10-12H2,1-5H3,(H3,18,19,20);1H. The molecule has 0 saturated heterocycles. The highest BCUT2D eigenvalue weighted by Crippen LogP contribution is 2.25. The molecule has 0 fully saturated rings. The predicted octanol–water partition coefficient (Wildman–Crippen LogP) is 3.54. The number of halogens is 1. The smallest absolute Gasteiger partial charge is 0.188 e. The van der Waals surface area contributed by atoms with Crippen LogP contribution in [-0.4, -0.2) is 26.2 Å². The van der Waals surface area contributed by atoms with Crippen LogP contribution in [0.5, 0.6) is 5.75 Å². The first-order valence-corrected chi connectivity index (χ1v) is 7.53. The Balaban J connectivity index is 0.00000441. The van der Waals surface area contributed by atoms with E-state index in [1.165, 1.54) is 5.56 Å². The van der Waals surface area contributed by atoms with E-state index in [2.05, 4.69) is 50.1 Å². The van der Waals surface area contributed by atoms with Gasteiger partial charge in [-0.05, 0) is 30.0 Å². The van der Waals surface area contributed by atoms with Gasteiger partial charge < -0.3 is 15.8 Å². The summed E-state index contributed by atoms with van der Waals surface area (Å²) in [5, 5.41) is 3.16. The minimum Gasteiger partial charge on any atom is -0.497 e. The van der Waals surface area contributed by atoms with Crippen LogP contribution in [0.15, 0.2) is 29.3 Å². The molecule has 22 heavy (non-hydrogen) atoms. The average molecular weight is 419 g/mol. The highest BCUT2D eigenvalue weighted by molar-refractivity contribution is 14.0. The Morgan fingerprint density at radius 2 is 1.86 bits per heavy atom. The summed E-state index contributed by atoms with van der Waals surface area (Å²) in [6, 6.07) is 8.11. The molecule has 5 heteroatoms. The fourth-order valence-electron chi connectivity index (χ4n) is 1.96. The average Bonchev–Trinajstić information content (AvgIpc) is 2.45. The lowest BCUT2D eigenvalue weighted by Crippen LogP contribution is -2.34. The third-order valence-electron chi connectivity index (χ3n) is 3.54. The Labute approximate surface area is 151 Å². The number of methoxy groups -OCH3 is 1. The van der Waals surface area contributed by atoms with Crippen molar-refractivity contribution in [2.45, 2.75) is 39.5 Å². The molecule has 0 amide bonds. The van der Waals surface area contributed by atoms with Crippen molar-refractivity contribution >= 4 is 29.9 Å². The number of hydrogen-bond donors (Lipinski definition) is 2. The molecular formula is C17H30IN3O. The summed E-state index contributed by atoms with van der Waals surface area (Å²) in [6.07, 6.45) is 1.10. The van der Waals surface area contributed by atoms with Gasteiger partial charge in [-0.15, -0.1) is 24.0 Å². The molecule has 126 valence electrons. The second-order valence-electron chi connectivity index (χ2n) is 6.42. The van der Waals surface area contributed by atoms with Crippen molar-refractivity contribution in [2.24, 2.45) is 16.6 Å². The van der Waals surface area contributed by atoms with Gasteiger partial charge >= 0.3 is 0 Å². The molecule has 0 aromatic heterocycles. The highest BCUT2D eigenvalue weighted by atomic mass is 127. The van der Waals surface area contributed by atoms with E-state index < -0.39 is 0 Å². The zero-order chi connectivity index (χ0) is 15.9. The van der Waals surface area contributed by atoms with Gasteiger partial charge in [-0.1, -0.05) is 39.8 Å². The van der Waals surface area contributed by atoms with Crippen LogP contribution in [0.1, 0.15) is 39.7 Å². The third kappa shape index (κ3) is 7.33. The number of hydrogen-bond acceptors (Lipinski definition) is 2. The van der Waals surface area contributed by atoms with Gasteiger partial charge in [0.15, 0.2) is 5.96 Å². The lowest BCUT2D eigenvalue weighted by Gasteiger charge is -2.23. The second-order valence-corrected chi connectivity index (χ2v) is 6.42. The van der Waals surface area contributed by atoms with E-state index in [0.29, 0.717) is 18.4 Å². The number of nitrogens with zero attached hydrogens (tertiary/aromatic N) is 1. The van der Waals surface area contributed by atoms with E-state index >= 15 is 0 Å². The van der Waals surface area contributed by atoms with Gasteiger partial charge in [0, 0.05) is 12.0 Å². The Hall–Kier alpha value is -0.980. The minimum absolute atomic E-state index is 0. The van der Waals surface area contributed by atoms with Gasteiger partial charge in [0.05, 0.1) is 13.7 Å². The zero-order valence-corrected chi connectivity index (χ0v) is 16.7. The maximum absolute atomic E-state index is 5.91. The number of benzene rings is 1. The monoisotopic (exact) mass is 419 g/mol. The van der Waals surface area contributed by atoms with E-state index in [0.717, 1.165) is 18.7 Å². The van der Waals surface area contributed by atoms with Crippen molar-refractivity contribution in [3.8, 4) is 5.75 Å². The molecular weight excluding hydrogens is 389 g/mol. The third-order valence-corrected chi connectivity index (χ3v) is 3.54. The van der Waals surface area contributed by atoms with Crippen LogP contribution in [0.2, 0.25) is 0 Å². The fraction of sp³-hybridized carbons (Fsp3) is 0.588. The summed E-state index contributed by atoms with van der Waals surface area (Å²) in [4.78, 5) is 4.46. The molecule has 1 aromatic carbocycles. The van der Waals surface area contributed by atoms with Crippen LogP contribution < -0.4 is 15.8 Å². The van der Waals surface area contributed by atoms with Crippen LogP contribution in [0.25, 0.3) is 0 Å². The van der Waals surface area contributed by atoms with E-state index in [4.69, 9.17) is 10.5 Å². The van der Waals surface area contributed by atoms with Crippen molar-refractivity contribution < 1.29 is 4.74 Å². The maximum atomic E-state index is 5.91. The molecule has 0 atom stereocenters. The summed E-state index contributed by atoms with van der Waals surface area (Å²) in [7, 11) is 1.67. The molecule has 0 unspecified atom stereocenters. The Kier molecular flexibility index (Phi) is 9.48. The first kappa shape index (κ1) is 21.0. The highest BCUT2D eigenvalue weighted by Gasteiger charge is 2.20. The number of aliphatic imine (C=N–C) groups is 1. The number of rotatable bonds is 7. The summed E-state index contributed by atoms with van der Waals surface area (Å²) in [5.41, 5.74) is 7.07. The molecule has 0 saturated carbocycles. The first-order valence-electron chi connectivity index (χ1n) is 7.53. The normalized spacial score (nSPS) is 12.0. The number of nitrogens with one attached hydrogen (secondary N) is 1. The molecule has 0 aliphatic rings. The van der Waals surface area contributed by atoms with E-state index in [1.54, 1.807) is 7.11 Å². The molecule has 1 rings (SSSR count). The van der Waals surface area contributed by atoms with Crippen LogP contribution in [0.3, 0.4) is 0 Å². The minimum atomic E-state index is -0.0589. The van der Waals surface area contributed by atoms with Gasteiger partial charge in [-0.25, -0.2) is 0 Å². The number of guanidine groups is 1. The van der Waals surface area contributed by atoms with Crippen molar-refractivity contribution in [2.75, 3.05) is 20.2 Å².